The lowest BCUT2D eigenvalue weighted by molar-refractivity contribution is 0.457. The number of anilines is 2. The average molecular weight is 356 g/mol. The molecule has 0 radical (unpaired) electrons. The van der Waals surface area contributed by atoms with Crippen LogP contribution < -0.4 is 8.61 Å². The van der Waals surface area contributed by atoms with Crippen LogP contribution in [-0.4, -0.2) is 33.1 Å². The fourth-order valence-electron chi connectivity index (χ4n) is 3.57. The van der Waals surface area contributed by atoms with Gasteiger partial charge in [0.05, 0.1) is 30.5 Å². The summed E-state index contributed by atoms with van der Waals surface area (Å²) in [5, 5.41) is 9.13. The molecular weight excluding hydrogens is 336 g/mol. The van der Waals surface area contributed by atoms with E-state index in [2.05, 4.69) is 6.19 Å². The zero-order valence-electron chi connectivity index (χ0n) is 13.7. The van der Waals surface area contributed by atoms with Gasteiger partial charge in [-0.05, 0) is 35.1 Å². The van der Waals surface area contributed by atoms with Crippen LogP contribution >= 0.6 is 11.0 Å². The number of benzene rings is 2. The molecule has 0 unspecified atom stereocenters. The predicted molar refractivity (Wildman–Crippen MR) is 100.0 cm³/mol. The molecule has 7 heteroatoms. The Bertz CT molecular complexity index is 808. The molecule has 2 aliphatic rings. The summed E-state index contributed by atoms with van der Waals surface area (Å²) in [6, 6.07) is 17.4. The van der Waals surface area contributed by atoms with Gasteiger partial charge < -0.3 is 4.90 Å². The van der Waals surface area contributed by atoms with Crippen LogP contribution in [0.2, 0.25) is 0 Å². The lowest BCUT2D eigenvalue weighted by atomic mass is 10.2. The quantitative estimate of drug-likeness (QED) is 0.818. The Balaban J connectivity index is 1.71. The Morgan fingerprint density at radius 2 is 1.72 bits per heavy atom. The van der Waals surface area contributed by atoms with Crippen molar-refractivity contribution < 1.29 is 9.11 Å². The third-order valence-corrected chi connectivity index (χ3v) is 6.69. The van der Waals surface area contributed by atoms with Crippen LogP contribution in [0, 0.1) is 11.5 Å². The lowest BCUT2D eigenvalue weighted by Crippen LogP contribution is -2.41. The molecule has 130 valence electrons. The van der Waals surface area contributed by atoms with Crippen LogP contribution in [0.1, 0.15) is 12.0 Å². The predicted octanol–water partition coefficient (Wildman–Crippen LogP) is 3.65. The topological polar surface area (TPSA) is 74.0 Å². The first-order valence-corrected chi connectivity index (χ1v) is 9.70. The summed E-state index contributed by atoms with van der Waals surface area (Å²) in [5.74, 6) is 0. The maximum absolute atomic E-state index is 11.1. The van der Waals surface area contributed by atoms with Gasteiger partial charge in [0.2, 0.25) is 0 Å². The van der Waals surface area contributed by atoms with Gasteiger partial charge in [-0.15, -0.1) is 0 Å². The minimum Gasteiger partial charge on any atom is -0.308 e. The SMILES string of the molecule is N#CN1CC[C@@H](N2c3ccccc3N(Cc3ccccc3)S2(O)O)C1. The molecule has 1 saturated heterocycles. The monoisotopic (exact) mass is 356 g/mol. The van der Waals surface area contributed by atoms with Crippen LogP contribution in [0.3, 0.4) is 0 Å². The number of hydrogen-bond acceptors (Lipinski definition) is 6. The molecule has 2 aliphatic heterocycles. The Kier molecular flexibility index (Phi) is 3.96. The van der Waals surface area contributed by atoms with Gasteiger partial charge in [0.15, 0.2) is 6.19 Å². The normalized spacial score (nSPS) is 22.6. The van der Waals surface area contributed by atoms with E-state index in [1.54, 1.807) is 13.5 Å². The fraction of sp³-hybridized carbons (Fsp3) is 0.278. The van der Waals surface area contributed by atoms with E-state index in [0.29, 0.717) is 19.6 Å². The molecule has 4 rings (SSSR count). The van der Waals surface area contributed by atoms with Crippen molar-refractivity contribution in [1.82, 2.24) is 4.90 Å². The molecule has 1 fully saturated rings. The molecule has 2 N–H and O–H groups in total. The van der Waals surface area contributed by atoms with E-state index in [9.17, 15) is 9.11 Å². The Morgan fingerprint density at radius 3 is 2.40 bits per heavy atom. The summed E-state index contributed by atoms with van der Waals surface area (Å²) in [5.41, 5.74) is 2.66. The average Bonchev–Trinajstić information content (AvgIpc) is 3.17. The standard InChI is InChI=1S/C18H20N4O2S/c19-14-20-11-10-16(13-20)22-18-9-5-4-8-17(18)21(25(22,23)24)12-15-6-2-1-3-7-15/h1-9,16,23-24H,10-13H2/t16-/m1/s1. The molecule has 2 aromatic carbocycles. The maximum Gasteiger partial charge on any atom is 0.179 e. The largest absolute Gasteiger partial charge is 0.308 e. The van der Waals surface area contributed by atoms with Crippen molar-refractivity contribution in [3.63, 3.8) is 0 Å². The smallest absolute Gasteiger partial charge is 0.179 e. The lowest BCUT2D eigenvalue weighted by Gasteiger charge is -2.46. The van der Waals surface area contributed by atoms with E-state index in [-0.39, 0.29) is 6.04 Å². The van der Waals surface area contributed by atoms with Crippen molar-refractivity contribution in [2.75, 3.05) is 21.7 Å². The van der Waals surface area contributed by atoms with Gasteiger partial charge in [-0.2, -0.15) is 5.26 Å². The summed E-state index contributed by atoms with van der Waals surface area (Å²) in [4.78, 5) is 1.67. The van der Waals surface area contributed by atoms with Crippen molar-refractivity contribution in [3.05, 3.63) is 60.2 Å². The third-order valence-electron chi connectivity index (χ3n) is 4.75. The summed E-state index contributed by atoms with van der Waals surface area (Å²) in [6.45, 7) is 1.58. The van der Waals surface area contributed by atoms with Crippen LogP contribution in [0.25, 0.3) is 0 Å². The zero-order valence-corrected chi connectivity index (χ0v) is 14.5. The Labute approximate surface area is 149 Å². The van der Waals surface area contributed by atoms with Gasteiger partial charge in [0.1, 0.15) is 0 Å². The van der Waals surface area contributed by atoms with Crippen molar-refractivity contribution in [3.8, 4) is 6.19 Å². The van der Waals surface area contributed by atoms with Crippen molar-refractivity contribution in [1.29, 1.82) is 5.26 Å². The number of nitriles is 1. The second kappa shape index (κ2) is 6.15. The van der Waals surface area contributed by atoms with E-state index in [0.717, 1.165) is 23.4 Å². The third kappa shape index (κ3) is 2.68. The van der Waals surface area contributed by atoms with Crippen LogP contribution in [0.15, 0.2) is 54.6 Å². The molecular formula is C18H20N4O2S. The van der Waals surface area contributed by atoms with Crippen LogP contribution in [0.4, 0.5) is 11.4 Å². The second-order valence-electron chi connectivity index (χ2n) is 6.32. The van der Waals surface area contributed by atoms with Crippen molar-refractivity contribution >= 4 is 22.3 Å². The first-order chi connectivity index (χ1) is 12.1. The molecule has 2 aromatic rings. The molecule has 2 heterocycles. The van der Waals surface area contributed by atoms with Gasteiger partial charge in [-0.1, -0.05) is 42.5 Å². The summed E-state index contributed by atoms with van der Waals surface area (Å²) < 4.78 is 25.6. The van der Waals surface area contributed by atoms with E-state index < -0.39 is 11.0 Å². The molecule has 0 amide bonds. The molecule has 1 atom stereocenters. The number of rotatable bonds is 3. The minimum atomic E-state index is -3.17. The van der Waals surface area contributed by atoms with Gasteiger partial charge in [-0.3, -0.25) is 9.11 Å². The van der Waals surface area contributed by atoms with Crippen LogP contribution in [0.5, 0.6) is 0 Å². The van der Waals surface area contributed by atoms with E-state index in [1.807, 2.05) is 54.6 Å². The van der Waals surface area contributed by atoms with E-state index in [1.165, 1.54) is 0 Å². The zero-order chi connectivity index (χ0) is 17.4. The van der Waals surface area contributed by atoms with Crippen molar-refractivity contribution in [2.24, 2.45) is 0 Å². The number of hydrogen-bond donors (Lipinski definition) is 2. The molecule has 0 aromatic heterocycles. The van der Waals surface area contributed by atoms with Crippen molar-refractivity contribution in [2.45, 2.75) is 19.0 Å². The Morgan fingerprint density at radius 1 is 1.04 bits per heavy atom. The summed E-state index contributed by atoms with van der Waals surface area (Å²) in [7, 11) is -3.17. The fourth-order valence-corrected chi connectivity index (χ4v) is 5.52. The highest BCUT2D eigenvalue weighted by Gasteiger charge is 2.45. The first kappa shape index (κ1) is 16.1. The number of nitrogens with zero attached hydrogens (tertiary/aromatic N) is 4. The summed E-state index contributed by atoms with van der Waals surface area (Å²) in [6.07, 6.45) is 2.89. The Hall–Kier alpha value is -2.40. The number of fused-ring (bicyclic) bond motifs is 1. The molecule has 0 aliphatic carbocycles. The molecule has 0 spiro atoms. The van der Waals surface area contributed by atoms with E-state index >= 15 is 0 Å². The maximum atomic E-state index is 11.1. The first-order valence-electron chi connectivity index (χ1n) is 8.24. The van der Waals surface area contributed by atoms with E-state index in [4.69, 9.17) is 5.26 Å². The molecule has 0 bridgehead atoms. The molecule has 6 nitrogen and oxygen atoms in total. The second-order valence-corrected chi connectivity index (χ2v) is 8.13. The van der Waals surface area contributed by atoms with Gasteiger partial charge in [0, 0.05) is 6.54 Å². The minimum absolute atomic E-state index is 0.0911. The highest BCUT2D eigenvalue weighted by molar-refractivity contribution is 8.26. The van der Waals surface area contributed by atoms with Crippen LogP contribution in [-0.2, 0) is 6.54 Å². The highest BCUT2D eigenvalue weighted by atomic mass is 32.3. The summed E-state index contributed by atoms with van der Waals surface area (Å²) >= 11 is 0. The number of para-hydroxylation sites is 2. The van der Waals surface area contributed by atoms with Gasteiger partial charge in [0.25, 0.3) is 0 Å². The molecule has 0 saturated carbocycles. The van der Waals surface area contributed by atoms with Gasteiger partial charge >= 0.3 is 0 Å². The number of likely N-dealkylation sites (tertiary alicyclic amines) is 1. The van der Waals surface area contributed by atoms with Gasteiger partial charge in [-0.25, -0.2) is 8.61 Å². The highest BCUT2D eigenvalue weighted by Crippen LogP contribution is 2.62. The molecule has 25 heavy (non-hydrogen) atoms.